The molecule has 0 aliphatic heterocycles. The van der Waals surface area contributed by atoms with Crippen LogP contribution in [0.4, 0.5) is 4.79 Å². The van der Waals surface area contributed by atoms with E-state index in [-0.39, 0.29) is 11.6 Å². The summed E-state index contributed by atoms with van der Waals surface area (Å²) in [4.78, 5) is 13.6. The molecule has 0 heterocycles. The minimum atomic E-state index is -0.164. The second-order valence-corrected chi connectivity index (χ2v) is 5.72. The predicted octanol–water partition coefficient (Wildman–Crippen LogP) is 2.57. The van der Waals surface area contributed by atoms with Crippen molar-refractivity contribution >= 4 is 17.8 Å². The molecule has 0 fully saturated rings. The lowest BCUT2D eigenvalue weighted by Crippen LogP contribution is -2.50. The van der Waals surface area contributed by atoms with Crippen molar-refractivity contribution in [3.8, 4) is 0 Å². The van der Waals surface area contributed by atoms with E-state index in [2.05, 4.69) is 18.5 Å². The summed E-state index contributed by atoms with van der Waals surface area (Å²) in [7, 11) is 1.87. The number of thioether (sulfide) groups is 1. The predicted molar refractivity (Wildman–Crippen MR) is 68.5 cm³/mol. The first-order valence-corrected chi connectivity index (χ1v) is 6.75. The number of carbonyl (C=O) groups is 1. The van der Waals surface area contributed by atoms with Crippen LogP contribution in [0.2, 0.25) is 0 Å². The zero-order chi connectivity index (χ0) is 12.1. The zero-order valence-electron chi connectivity index (χ0n) is 10.8. The summed E-state index contributed by atoms with van der Waals surface area (Å²) in [6.07, 6.45) is 3.06. The van der Waals surface area contributed by atoms with Crippen molar-refractivity contribution in [1.82, 2.24) is 10.2 Å². The van der Waals surface area contributed by atoms with Crippen LogP contribution in [0.15, 0.2) is 0 Å². The number of nitrogens with zero attached hydrogens (tertiary/aromatic N) is 1. The molecule has 0 aliphatic carbocycles. The lowest BCUT2D eigenvalue weighted by molar-refractivity contribution is 0.184. The first-order chi connectivity index (χ1) is 6.81. The fourth-order valence-corrected chi connectivity index (χ4v) is 2.11. The molecule has 2 amide bonds. The Morgan fingerprint density at radius 2 is 2.00 bits per heavy atom. The molecule has 0 rings (SSSR count). The maximum absolute atomic E-state index is 11.8. The molecule has 1 N–H and O–H groups in total. The second-order valence-electron chi connectivity index (χ2n) is 4.81. The molecule has 1 atom stereocenters. The Labute approximate surface area is 98.0 Å². The highest BCUT2D eigenvalue weighted by Gasteiger charge is 2.21. The molecule has 0 saturated heterocycles. The first-order valence-electron chi connectivity index (χ1n) is 5.35. The Hall–Kier alpha value is -0.380. The van der Waals surface area contributed by atoms with Gasteiger partial charge in [0, 0.05) is 24.4 Å². The van der Waals surface area contributed by atoms with Gasteiger partial charge < -0.3 is 10.2 Å². The van der Waals surface area contributed by atoms with Gasteiger partial charge in [-0.2, -0.15) is 11.8 Å². The highest BCUT2D eigenvalue weighted by molar-refractivity contribution is 7.98. The van der Waals surface area contributed by atoms with Crippen LogP contribution in [0.1, 0.15) is 34.1 Å². The van der Waals surface area contributed by atoms with Crippen molar-refractivity contribution in [2.75, 3.05) is 19.1 Å². The van der Waals surface area contributed by atoms with Gasteiger partial charge in [0.2, 0.25) is 0 Å². The number of urea groups is 1. The molecule has 15 heavy (non-hydrogen) atoms. The van der Waals surface area contributed by atoms with Crippen LogP contribution in [-0.2, 0) is 0 Å². The van der Waals surface area contributed by atoms with Gasteiger partial charge in [-0.05, 0) is 33.4 Å². The van der Waals surface area contributed by atoms with Gasteiger partial charge in [-0.1, -0.05) is 6.92 Å². The van der Waals surface area contributed by atoms with E-state index >= 15 is 0 Å². The number of hydrogen-bond donors (Lipinski definition) is 1. The third-order valence-corrected chi connectivity index (χ3v) is 2.90. The Kier molecular flexibility index (Phi) is 6.10. The Morgan fingerprint density at radius 1 is 1.47 bits per heavy atom. The van der Waals surface area contributed by atoms with Gasteiger partial charge in [0.25, 0.3) is 0 Å². The van der Waals surface area contributed by atoms with E-state index in [1.165, 1.54) is 0 Å². The van der Waals surface area contributed by atoms with Crippen molar-refractivity contribution in [3.63, 3.8) is 0 Å². The van der Waals surface area contributed by atoms with Gasteiger partial charge in [-0.3, -0.25) is 0 Å². The summed E-state index contributed by atoms with van der Waals surface area (Å²) in [6.45, 7) is 8.10. The lowest BCUT2D eigenvalue weighted by Gasteiger charge is -2.30. The van der Waals surface area contributed by atoms with Crippen LogP contribution in [0.3, 0.4) is 0 Å². The Bertz CT molecular complexity index is 201. The van der Waals surface area contributed by atoms with E-state index < -0.39 is 0 Å². The van der Waals surface area contributed by atoms with Crippen LogP contribution in [-0.4, -0.2) is 41.6 Å². The molecule has 0 aromatic heterocycles. The Balaban J connectivity index is 4.28. The van der Waals surface area contributed by atoms with E-state index in [1.54, 1.807) is 11.8 Å². The lowest BCUT2D eigenvalue weighted by atomic mass is 10.1. The summed E-state index contributed by atoms with van der Waals surface area (Å²) < 4.78 is 0. The number of carbonyl (C=O) groups excluding carboxylic acids is 1. The molecule has 90 valence electrons. The molecule has 0 radical (unpaired) electrons. The molecule has 1 unspecified atom stereocenters. The molecule has 0 aromatic rings. The smallest absolute Gasteiger partial charge is 0.317 e. The molecule has 0 aromatic carbocycles. The van der Waals surface area contributed by atoms with Crippen molar-refractivity contribution in [1.29, 1.82) is 0 Å². The molecular weight excluding hydrogens is 208 g/mol. The van der Waals surface area contributed by atoms with Crippen LogP contribution >= 0.6 is 11.8 Å². The highest BCUT2D eigenvalue weighted by Crippen LogP contribution is 2.09. The molecule has 0 aliphatic rings. The number of nitrogens with one attached hydrogen (secondary N) is 1. The summed E-state index contributed by atoms with van der Waals surface area (Å²) in [5.41, 5.74) is -0.164. The van der Waals surface area contributed by atoms with Crippen molar-refractivity contribution < 1.29 is 4.79 Å². The zero-order valence-corrected chi connectivity index (χ0v) is 11.6. The van der Waals surface area contributed by atoms with Gasteiger partial charge in [-0.25, -0.2) is 4.79 Å². The molecule has 4 heteroatoms. The van der Waals surface area contributed by atoms with Crippen molar-refractivity contribution in [3.05, 3.63) is 0 Å². The topological polar surface area (TPSA) is 32.3 Å². The summed E-state index contributed by atoms with van der Waals surface area (Å²) in [5, 5.41) is 2.97. The SMILES string of the molecule is CCC(CSC)N(C)C(=O)NC(C)(C)C. The fraction of sp³-hybridized carbons (Fsp3) is 0.909. The maximum atomic E-state index is 11.8. The average molecular weight is 232 g/mol. The normalized spacial score (nSPS) is 13.5. The summed E-state index contributed by atoms with van der Waals surface area (Å²) >= 11 is 1.78. The molecule has 3 nitrogen and oxygen atoms in total. The summed E-state index contributed by atoms with van der Waals surface area (Å²) in [5.74, 6) is 0.991. The van der Waals surface area contributed by atoms with E-state index in [0.29, 0.717) is 6.04 Å². The third kappa shape index (κ3) is 5.92. The van der Waals surface area contributed by atoms with Crippen molar-refractivity contribution in [2.24, 2.45) is 0 Å². The fourth-order valence-electron chi connectivity index (χ4n) is 1.27. The van der Waals surface area contributed by atoms with Crippen LogP contribution in [0, 0.1) is 0 Å². The van der Waals surface area contributed by atoms with Crippen molar-refractivity contribution in [2.45, 2.75) is 45.7 Å². The van der Waals surface area contributed by atoms with E-state index in [9.17, 15) is 4.79 Å². The standard InChI is InChI=1S/C11H24N2OS/c1-7-9(8-15-6)13(5)10(14)12-11(2,3)4/h9H,7-8H2,1-6H3,(H,12,14). The molecule has 0 bridgehead atoms. The van der Waals surface area contributed by atoms with Gasteiger partial charge in [-0.15, -0.1) is 0 Å². The monoisotopic (exact) mass is 232 g/mol. The Morgan fingerprint density at radius 3 is 2.33 bits per heavy atom. The van der Waals surface area contributed by atoms with Crippen LogP contribution < -0.4 is 5.32 Å². The van der Waals surface area contributed by atoms with Crippen LogP contribution in [0.5, 0.6) is 0 Å². The number of rotatable bonds is 4. The molecule has 0 spiro atoms. The van der Waals surface area contributed by atoms with Crippen LogP contribution in [0.25, 0.3) is 0 Å². The number of amides is 2. The quantitative estimate of drug-likeness (QED) is 0.808. The highest BCUT2D eigenvalue weighted by atomic mass is 32.2. The van der Waals surface area contributed by atoms with Gasteiger partial charge in [0.1, 0.15) is 0 Å². The largest absolute Gasteiger partial charge is 0.333 e. The first kappa shape index (κ1) is 14.6. The van der Waals surface area contributed by atoms with E-state index in [0.717, 1.165) is 12.2 Å². The number of hydrogen-bond acceptors (Lipinski definition) is 2. The minimum absolute atomic E-state index is 0.0170. The van der Waals surface area contributed by atoms with Gasteiger partial charge >= 0.3 is 6.03 Å². The third-order valence-electron chi connectivity index (χ3n) is 2.18. The molecular formula is C11H24N2OS. The second kappa shape index (κ2) is 6.26. The summed E-state index contributed by atoms with van der Waals surface area (Å²) in [6, 6.07) is 0.339. The van der Waals surface area contributed by atoms with E-state index in [4.69, 9.17) is 0 Å². The molecule has 0 saturated carbocycles. The van der Waals surface area contributed by atoms with E-state index in [1.807, 2.05) is 32.7 Å². The van der Waals surface area contributed by atoms with Gasteiger partial charge in [0.15, 0.2) is 0 Å². The maximum Gasteiger partial charge on any atom is 0.317 e. The minimum Gasteiger partial charge on any atom is -0.333 e. The average Bonchev–Trinajstić information content (AvgIpc) is 2.10. The van der Waals surface area contributed by atoms with Gasteiger partial charge in [0.05, 0.1) is 0 Å².